The Labute approximate surface area is 85.0 Å². The maximum atomic E-state index is 11.1. The molecule has 1 fully saturated rings. The van der Waals surface area contributed by atoms with Crippen LogP contribution in [0.25, 0.3) is 0 Å². The van der Waals surface area contributed by atoms with E-state index in [2.05, 4.69) is 10.1 Å². The fraction of sp³-hybridized carbons (Fsp3) is 0.900. The number of esters is 1. The molecule has 1 heterocycles. The second-order valence-electron chi connectivity index (χ2n) is 3.63. The van der Waals surface area contributed by atoms with Gasteiger partial charge in [-0.05, 0) is 25.8 Å². The van der Waals surface area contributed by atoms with E-state index in [1.165, 1.54) is 7.11 Å². The van der Waals surface area contributed by atoms with Crippen molar-refractivity contribution in [3.63, 3.8) is 0 Å². The van der Waals surface area contributed by atoms with Gasteiger partial charge in [-0.3, -0.25) is 4.79 Å². The Hall–Kier alpha value is -0.610. The van der Waals surface area contributed by atoms with Crippen LogP contribution in [0.15, 0.2) is 0 Å². The third kappa shape index (κ3) is 3.27. The first-order chi connectivity index (χ1) is 6.77. The molecule has 1 aliphatic rings. The molecule has 1 rings (SSSR count). The van der Waals surface area contributed by atoms with Crippen molar-refractivity contribution < 1.29 is 14.3 Å². The van der Waals surface area contributed by atoms with E-state index < -0.39 is 0 Å². The Bertz CT molecular complexity index is 178. The van der Waals surface area contributed by atoms with Gasteiger partial charge < -0.3 is 14.8 Å². The molecule has 1 aliphatic heterocycles. The van der Waals surface area contributed by atoms with Crippen molar-refractivity contribution in [2.45, 2.75) is 25.3 Å². The van der Waals surface area contributed by atoms with Crippen LogP contribution < -0.4 is 5.32 Å². The van der Waals surface area contributed by atoms with Gasteiger partial charge in [-0.25, -0.2) is 0 Å². The molecule has 4 heteroatoms. The number of nitrogens with one attached hydrogen (secondary N) is 1. The Kier molecular flexibility index (Phi) is 4.90. The Morgan fingerprint density at radius 2 is 2.21 bits per heavy atom. The average Bonchev–Trinajstić information content (AvgIpc) is 2.26. The highest BCUT2D eigenvalue weighted by Crippen LogP contribution is 2.20. The first kappa shape index (κ1) is 11.5. The van der Waals surface area contributed by atoms with Crippen LogP contribution in [0.4, 0.5) is 0 Å². The molecule has 0 aromatic carbocycles. The molecule has 0 amide bonds. The molecule has 0 spiro atoms. The number of ether oxygens (including phenoxy) is 2. The monoisotopic (exact) mass is 201 g/mol. The second-order valence-corrected chi connectivity index (χ2v) is 3.63. The molecule has 1 saturated heterocycles. The van der Waals surface area contributed by atoms with Gasteiger partial charge in [0.25, 0.3) is 0 Å². The van der Waals surface area contributed by atoms with Crippen LogP contribution in [0.5, 0.6) is 0 Å². The normalized spacial score (nSPS) is 20.4. The highest BCUT2D eigenvalue weighted by atomic mass is 16.5. The fourth-order valence-corrected chi connectivity index (χ4v) is 1.89. The Morgan fingerprint density at radius 1 is 1.57 bits per heavy atom. The smallest absolute Gasteiger partial charge is 0.307 e. The van der Waals surface area contributed by atoms with Gasteiger partial charge in [0.05, 0.1) is 13.5 Å². The zero-order chi connectivity index (χ0) is 10.4. The summed E-state index contributed by atoms with van der Waals surface area (Å²) in [5.41, 5.74) is 0. The summed E-state index contributed by atoms with van der Waals surface area (Å²) in [7, 11) is 3.32. The Morgan fingerprint density at radius 3 is 2.71 bits per heavy atom. The number of carbonyl (C=O) groups excluding carboxylic acids is 1. The van der Waals surface area contributed by atoms with Gasteiger partial charge >= 0.3 is 5.97 Å². The van der Waals surface area contributed by atoms with Crippen molar-refractivity contribution in [2.75, 3.05) is 27.4 Å². The van der Waals surface area contributed by atoms with E-state index in [-0.39, 0.29) is 12.0 Å². The topological polar surface area (TPSA) is 47.6 Å². The van der Waals surface area contributed by atoms with Crippen LogP contribution >= 0.6 is 0 Å². The summed E-state index contributed by atoms with van der Waals surface area (Å²) < 4.78 is 9.94. The van der Waals surface area contributed by atoms with Crippen molar-refractivity contribution in [1.29, 1.82) is 0 Å². The molecular formula is C10H19NO3. The maximum absolute atomic E-state index is 11.1. The highest BCUT2D eigenvalue weighted by Gasteiger charge is 2.24. The standard InChI is InChI=1S/C10H19NO3/c1-11-9(7-10(12)13-2)8-3-5-14-6-4-8/h8-9,11H,3-7H2,1-2H3. The number of hydrogen-bond donors (Lipinski definition) is 1. The summed E-state index contributed by atoms with van der Waals surface area (Å²) in [6.07, 6.45) is 2.52. The quantitative estimate of drug-likeness (QED) is 0.675. The predicted octanol–water partition coefficient (Wildman–Crippen LogP) is 0.564. The van der Waals surface area contributed by atoms with Crippen molar-refractivity contribution in [3.05, 3.63) is 0 Å². The van der Waals surface area contributed by atoms with E-state index in [9.17, 15) is 4.79 Å². The molecule has 0 bridgehead atoms. The summed E-state index contributed by atoms with van der Waals surface area (Å²) >= 11 is 0. The van der Waals surface area contributed by atoms with Gasteiger partial charge in [0, 0.05) is 19.3 Å². The summed E-state index contributed by atoms with van der Waals surface area (Å²) in [5.74, 6) is 0.392. The van der Waals surface area contributed by atoms with Gasteiger partial charge in [-0.15, -0.1) is 0 Å². The zero-order valence-electron chi connectivity index (χ0n) is 8.91. The lowest BCUT2D eigenvalue weighted by Gasteiger charge is -2.29. The van der Waals surface area contributed by atoms with Gasteiger partial charge in [-0.1, -0.05) is 0 Å². The molecule has 0 aliphatic carbocycles. The van der Waals surface area contributed by atoms with Crippen LogP contribution in [0.1, 0.15) is 19.3 Å². The average molecular weight is 201 g/mol. The minimum atomic E-state index is -0.143. The third-order valence-corrected chi connectivity index (χ3v) is 2.82. The van der Waals surface area contributed by atoms with Gasteiger partial charge in [0.1, 0.15) is 0 Å². The molecule has 0 aromatic rings. The highest BCUT2D eigenvalue weighted by molar-refractivity contribution is 5.69. The molecule has 0 saturated carbocycles. The SMILES string of the molecule is CNC(CC(=O)OC)C1CCOCC1. The molecule has 4 nitrogen and oxygen atoms in total. The van der Waals surface area contributed by atoms with Gasteiger partial charge in [-0.2, -0.15) is 0 Å². The number of carbonyl (C=O) groups is 1. The van der Waals surface area contributed by atoms with E-state index in [1.54, 1.807) is 0 Å². The minimum absolute atomic E-state index is 0.143. The van der Waals surface area contributed by atoms with E-state index >= 15 is 0 Å². The van der Waals surface area contributed by atoms with Crippen molar-refractivity contribution in [3.8, 4) is 0 Å². The summed E-state index contributed by atoms with van der Waals surface area (Å²) in [6, 6.07) is 0.228. The zero-order valence-corrected chi connectivity index (χ0v) is 8.91. The molecule has 1 N–H and O–H groups in total. The van der Waals surface area contributed by atoms with Crippen LogP contribution in [-0.2, 0) is 14.3 Å². The summed E-state index contributed by atoms with van der Waals surface area (Å²) in [6.45, 7) is 1.62. The van der Waals surface area contributed by atoms with E-state index in [4.69, 9.17) is 4.74 Å². The third-order valence-electron chi connectivity index (χ3n) is 2.82. The Balaban J connectivity index is 2.39. The lowest BCUT2D eigenvalue weighted by atomic mass is 9.90. The molecule has 0 aromatic heterocycles. The number of hydrogen-bond acceptors (Lipinski definition) is 4. The minimum Gasteiger partial charge on any atom is -0.469 e. The number of rotatable bonds is 4. The molecule has 0 radical (unpaired) electrons. The molecule has 1 atom stereocenters. The predicted molar refractivity (Wildman–Crippen MR) is 53.0 cm³/mol. The van der Waals surface area contributed by atoms with E-state index in [1.807, 2.05) is 7.05 Å². The summed E-state index contributed by atoms with van der Waals surface area (Å²) in [4.78, 5) is 11.1. The second kappa shape index (κ2) is 5.98. The lowest BCUT2D eigenvalue weighted by Crippen LogP contribution is -2.38. The van der Waals surface area contributed by atoms with E-state index in [0.717, 1.165) is 26.1 Å². The summed E-state index contributed by atoms with van der Waals surface area (Å²) in [5, 5.41) is 3.18. The first-order valence-electron chi connectivity index (χ1n) is 5.09. The van der Waals surface area contributed by atoms with Gasteiger partial charge in [0.15, 0.2) is 0 Å². The van der Waals surface area contributed by atoms with Crippen molar-refractivity contribution >= 4 is 5.97 Å². The largest absolute Gasteiger partial charge is 0.469 e. The van der Waals surface area contributed by atoms with E-state index in [0.29, 0.717) is 12.3 Å². The lowest BCUT2D eigenvalue weighted by molar-refractivity contribution is -0.141. The van der Waals surface area contributed by atoms with Crippen molar-refractivity contribution in [2.24, 2.45) is 5.92 Å². The molecular weight excluding hydrogens is 182 g/mol. The molecule has 14 heavy (non-hydrogen) atoms. The van der Waals surface area contributed by atoms with Crippen molar-refractivity contribution in [1.82, 2.24) is 5.32 Å². The van der Waals surface area contributed by atoms with Crippen LogP contribution in [0, 0.1) is 5.92 Å². The first-order valence-corrected chi connectivity index (χ1v) is 5.09. The molecule has 82 valence electrons. The number of methoxy groups -OCH3 is 1. The fourth-order valence-electron chi connectivity index (χ4n) is 1.89. The van der Waals surface area contributed by atoms with Crippen LogP contribution in [-0.4, -0.2) is 39.4 Å². The molecule has 1 unspecified atom stereocenters. The van der Waals surface area contributed by atoms with Crippen LogP contribution in [0.3, 0.4) is 0 Å². The van der Waals surface area contributed by atoms with Crippen LogP contribution in [0.2, 0.25) is 0 Å². The maximum Gasteiger partial charge on any atom is 0.307 e. The van der Waals surface area contributed by atoms with Gasteiger partial charge in [0.2, 0.25) is 0 Å².